The van der Waals surface area contributed by atoms with Crippen molar-refractivity contribution < 1.29 is 28.4 Å². The van der Waals surface area contributed by atoms with Gasteiger partial charge in [0.2, 0.25) is 0 Å². The molecule has 0 aromatic rings. The Hall–Kier alpha value is -0.940. The molecule has 0 radical (unpaired) electrons. The molecule has 5 heteroatoms. The number of aliphatic carboxylic acids is 1. The number of aliphatic hydroxyl groups is 1. The second-order valence-electron chi connectivity index (χ2n) is 5.33. The third-order valence-electron chi connectivity index (χ3n) is 2.28. The molecule has 100 valence electrons. The van der Waals surface area contributed by atoms with Gasteiger partial charge in [0.15, 0.2) is 11.4 Å². The fourth-order valence-corrected chi connectivity index (χ4v) is 1.76. The van der Waals surface area contributed by atoms with Crippen LogP contribution in [-0.2, 0) is 9.59 Å². The average Bonchev–Trinajstić information content (AvgIpc) is 2.10. The highest BCUT2D eigenvalue weighted by atomic mass is 16.4. The average molecular weight is 249 g/mol. The molecule has 0 aliphatic rings. The predicted molar refractivity (Wildman–Crippen MR) is 64.6 cm³/mol. The zero-order valence-corrected chi connectivity index (χ0v) is 10.7. The van der Waals surface area contributed by atoms with Crippen molar-refractivity contribution in [2.75, 3.05) is 27.7 Å². The van der Waals surface area contributed by atoms with Crippen LogP contribution in [0.3, 0.4) is 0 Å². The topological polar surface area (TPSA) is 74.6 Å². The van der Waals surface area contributed by atoms with Crippen LogP contribution < -0.4 is 0 Å². The number of carboxylic acid groups (broad SMARTS) is 1. The molecule has 1 atom stereocenters. The molecule has 0 aromatic heterocycles. The van der Waals surface area contributed by atoms with Crippen molar-refractivity contribution in [1.82, 2.24) is 0 Å². The van der Waals surface area contributed by atoms with E-state index in [1.807, 2.05) is 0 Å². The van der Waals surface area contributed by atoms with Crippen LogP contribution in [0.15, 0.2) is 0 Å². The predicted octanol–water partition coefficient (Wildman–Crippen LogP) is 0.658. The van der Waals surface area contributed by atoms with E-state index in [2.05, 4.69) is 0 Å². The summed E-state index contributed by atoms with van der Waals surface area (Å²) in [5.74, 6) is -1.87. The van der Waals surface area contributed by atoms with Crippen molar-refractivity contribution >= 4 is 11.8 Å². The van der Waals surface area contributed by atoms with Gasteiger partial charge in [-0.05, 0) is 6.42 Å². The van der Waals surface area contributed by atoms with Crippen molar-refractivity contribution in [2.24, 2.45) is 0 Å². The molecule has 0 aromatic carbocycles. The van der Waals surface area contributed by atoms with E-state index in [1.54, 1.807) is 21.1 Å². The second kappa shape index (κ2) is 6.12. The van der Waals surface area contributed by atoms with Crippen molar-refractivity contribution in [3.05, 3.63) is 0 Å². The first kappa shape index (κ1) is 11.2. The van der Waals surface area contributed by atoms with Gasteiger partial charge in [0.1, 0.15) is 6.54 Å². The Morgan fingerprint density at radius 2 is 1.94 bits per heavy atom. The summed E-state index contributed by atoms with van der Waals surface area (Å²) in [5.41, 5.74) is -1.96. The zero-order chi connectivity index (χ0) is 16.2. The van der Waals surface area contributed by atoms with Gasteiger partial charge in [-0.15, -0.1) is 0 Å². The lowest BCUT2D eigenvalue weighted by atomic mass is 9.90. The van der Waals surface area contributed by atoms with Crippen molar-refractivity contribution in [3.8, 4) is 0 Å². The fourth-order valence-electron chi connectivity index (χ4n) is 1.76. The highest BCUT2D eigenvalue weighted by Crippen LogP contribution is 2.19. The number of carbonyl (C=O) groups is 2. The molecule has 0 rings (SSSR count). The van der Waals surface area contributed by atoms with Crippen molar-refractivity contribution in [1.29, 1.82) is 0 Å². The Morgan fingerprint density at radius 1 is 1.35 bits per heavy atom. The molecule has 0 bridgehead atoms. The van der Waals surface area contributed by atoms with Gasteiger partial charge in [0.05, 0.1) is 27.6 Å². The van der Waals surface area contributed by atoms with Gasteiger partial charge in [-0.3, -0.25) is 9.59 Å². The van der Waals surface area contributed by atoms with Gasteiger partial charge in [-0.2, -0.15) is 0 Å². The molecule has 0 spiro atoms. The highest BCUT2D eigenvalue weighted by molar-refractivity contribution is 5.90. The van der Waals surface area contributed by atoms with E-state index in [1.165, 1.54) is 0 Å². The molecule has 17 heavy (non-hydrogen) atoms. The second-order valence-corrected chi connectivity index (χ2v) is 5.33. The van der Waals surface area contributed by atoms with E-state index < -0.39 is 30.6 Å². The molecular formula is C12H24NO4+. The minimum absolute atomic E-state index is 0.0358. The first-order valence-electron chi connectivity index (χ1n) is 7.03. The van der Waals surface area contributed by atoms with Crippen LogP contribution in [0, 0.1) is 0 Å². The number of hydrogen-bond donors (Lipinski definition) is 2. The van der Waals surface area contributed by atoms with Gasteiger partial charge in [-0.25, -0.2) is 0 Å². The number of Topliss-reactive ketones (excluding diaryl/α,β-unsaturated/α-hetero) is 1. The summed E-state index contributed by atoms with van der Waals surface area (Å²) < 4.78 is 21.4. The quantitative estimate of drug-likeness (QED) is 0.620. The van der Waals surface area contributed by atoms with Crippen molar-refractivity contribution in [3.63, 3.8) is 0 Å². The minimum Gasteiger partial charge on any atom is -0.481 e. The first-order valence-corrected chi connectivity index (χ1v) is 5.53. The van der Waals surface area contributed by atoms with E-state index in [9.17, 15) is 14.7 Å². The molecular weight excluding hydrogens is 222 g/mol. The summed E-state index contributed by atoms with van der Waals surface area (Å²) in [5, 5.41) is 19.2. The largest absolute Gasteiger partial charge is 0.481 e. The molecule has 0 saturated heterocycles. The van der Waals surface area contributed by atoms with Crippen molar-refractivity contribution in [2.45, 2.75) is 38.1 Å². The lowest BCUT2D eigenvalue weighted by Gasteiger charge is -2.33. The van der Waals surface area contributed by atoms with E-state index in [0.29, 0.717) is 0 Å². The standard InChI is InChI=1S/C12H23NO4/c1-5-6-7-10(14)12(17,8-11(15)16)9-13(2,3)4/h17H,5-9H2,1-4H3/p+1/i1D3. The number of carbonyl (C=O) groups excluding carboxylic acids is 1. The lowest BCUT2D eigenvalue weighted by molar-refractivity contribution is -0.875. The lowest BCUT2D eigenvalue weighted by Crippen LogP contribution is -2.54. The Balaban J connectivity index is 4.77. The molecule has 5 nitrogen and oxygen atoms in total. The van der Waals surface area contributed by atoms with Gasteiger partial charge in [0, 0.05) is 10.5 Å². The molecule has 0 amide bonds. The molecule has 0 saturated carbocycles. The maximum atomic E-state index is 12.1. The number of hydrogen-bond acceptors (Lipinski definition) is 3. The van der Waals surface area contributed by atoms with E-state index in [0.717, 1.165) is 0 Å². The molecule has 0 aliphatic carbocycles. The molecule has 0 heterocycles. The summed E-state index contributed by atoms with van der Waals surface area (Å²) in [7, 11) is 5.22. The number of rotatable bonds is 8. The number of carboxylic acids is 1. The minimum atomic E-state index is -2.12. The summed E-state index contributed by atoms with van der Waals surface area (Å²) >= 11 is 0. The smallest absolute Gasteiger partial charge is 0.306 e. The molecule has 1 unspecified atom stereocenters. The SMILES string of the molecule is [2H]C([2H])([2H])CCCC(=O)C(O)(CC(=O)O)C[N+](C)(C)C. The number of likely N-dealkylation sites (N-methyl/N-ethyl adjacent to an activating group) is 1. The Morgan fingerprint density at radius 3 is 2.35 bits per heavy atom. The Labute approximate surface area is 107 Å². The zero-order valence-electron chi connectivity index (χ0n) is 13.7. The summed E-state index contributed by atoms with van der Waals surface area (Å²) in [4.78, 5) is 22.9. The van der Waals surface area contributed by atoms with E-state index >= 15 is 0 Å². The summed E-state index contributed by atoms with van der Waals surface area (Å²) in [6.07, 6.45) is -0.835. The normalized spacial score (nSPS) is 18.7. The van der Waals surface area contributed by atoms with Crippen LogP contribution in [0.5, 0.6) is 0 Å². The third kappa shape index (κ3) is 6.38. The van der Waals surface area contributed by atoms with Gasteiger partial charge in [0.25, 0.3) is 0 Å². The van der Waals surface area contributed by atoms with Crippen LogP contribution in [0.25, 0.3) is 0 Å². The maximum Gasteiger partial charge on any atom is 0.306 e. The van der Waals surface area contributed by atoms with Crippen LogP contribution >= 0.6 is 0 Å². The van der Waals surface area contributed by atoms with Gasteiger partial charge >= 0.3 is 5.97 Å². The number of nitrogens with zero attached hydrogens (tertiary/aromatic N) is 1. The molecule has 0 aliphatic heterocycles. The first-order chi connectivity index (χ1) is 8.75. The van der Waals surface area contributed by atoms with E-state index in [4.69, 9.17) is 9.22 Å². The molecule has 0 fully saturated rings. The number of quaternary nitrogens is 1. The van der Waals surface area contributed by atoms with Crippen LogP contribution in [0.2, 0.25) is 0 Å². The van der Waals surface area contributed by atoms with Crippen LogP contribution in [0.4, 0.5) is 0 Å². The van der Waals surface area contributed by atoms with E-state index in [-0.39, 0.29) is 30.3 Å². The maximum absolute atomic E-state index is 12.1. The molecule has 2 N–H and O–H groups in total. The Kier molecular flexibility index (Phi) is 4.02. The summed E-state index contributed by atoms with van der Waals surface area (Å²) in [6.45, 7) is -2.16. The summed E-state index contributed by atoms with van der Waals surface area (Å²) in [6, 6.07) is 0. The Bertz CT molecular complexity index is 363. The van der Waals surface area contributed by atoms with Crippen LogP contribution in [0.1, 0.15) is 36.6 Å². The fraction of sp³-hybridized carbons (Fsp3) is 0.833. The van der Waals surface area contributed by atoms with Gasteiger partial charge in [-0.1, -0.05) is 13.3 Å². The number of ketones is 1. The third-order valence-corrected chi connectivity index (χ3v) is 2.28. The monoisotopic (exact) mass is 249 g/mol. The van der Waals surface area contributed by atoms with Gasteiger partial charge < -0.3 is 14.7 Å². The van der Waals surface area contributed by atoms with Crippen LogP contribution in [-0.4, -0.2) is 59.7 Å². The highest BCUT2D eigenvalue weighted by Gasteiger charge is 2.42.